The minimum Gasteiger partial charge on any atom is -0.356 e. The largest absolute Gasteiger partial charge is 0.356 e. The number of benzene rings is 2. The Labute approximate surface area is 139 Å². The molecule has 0 aliphatic heterocycles. The van der Waals surface area contributed by atoms with Crippen molar-refractivity contribution in [3.05, 3.63) is 64.2 Å². The molecule has 2 N–H and O–H groups in total. The first-order valence-electron chi connectivity index (χ1n) is 7.58. The molecule has 0 heterocycles. The third-order valence-electron chi connectivity index (χ3n) is 3.87. The maximum atomic E-state index is 5.45. The predicted molar refractivity (Wildman–Crippen MR) is 99.6 cm³/mol. The molecule has 0 aliphatic carbocycles. The van der Waals surface area contributed by atoms with Crippen LogP contribution in [0.25, 0.3) is 0 Å². The van der Waals surface area contributed by atoms with E-state index in [2.05, 4.69) is 81.7 Å². The fourth-order valence-corrected chi connectivity index (χ4v) is 2.98. The lowest BCUT2D eigenvalue weighted by molar-refractivity contribution is 0.717. The molecule has 0 spiro atoms. The first kappa shape index (κ1) is 16.5. The van der Waals surface area contributed by atoms with E-state index in [1.165, 1.54) is 27.8 Å². The molecule has 1 atom stereocenters. The number of aryl methyl sites for hydroxylation is 4. The Hall–Kier alpha value is -1.87. The van der Waals surface area contributed by atoms with E-state index in [-0.39, 0.29) is 6.04 Å². The van der Waals surface area contributed by atoms with Crippen molar-refractivity contribution in [3.8, 4) is 0 Å². The summed E-state index contributed by atoms with van der Waals surface area (Å²) in [5.41, 5.74) is 7.35. The second-order valence-electron chi connectivity index (χ2n) is 6.00. The molecular formula is C19H24N2S. The average Bonchev–Trinajstić information content (AvgIpc) is 2.41. The van der Waals surface area contributed by atoms with Gasteiger partial charge in [0.15, 0.2) is 5.11 Å². The van der Waals surface area contributed by atoms with Crippen molar-refractivity contribution < 1.29 is 0 Å². The van der Waals surface area contributed by atoms with Gasteiger partial charge in [-0.25, -0.2) is 0 Å². The van der Waals surface area contributed by atoms with Crippen LogP contribution in [0, 0.1) is 27.7 Å². The van der Waals surface area contributed by atoms with E-state index >= 15 is 0 Å². The Morgan fingerprint density at radius 3 is 2.09 bits per heavy atom. The Morgan fingerprint density at radius 2 is 1.50 bits per heavy atom. The van der Waals surface area contributed by atoms with Crippen molar-refractivity contribution in [3.63, 3.8) is 0 Å². The third-order valence-corrected chi connectivity index (χ3v) is 4.09. The molecule has 2 aromatic carbocycles. The number of hydrogen-bond donors (Lipinski definition) is 2. The molecule has 3 heteroatoms. The van der Waals surface area contributed by atoms with Gasteiger partial charge in [-0.1, -0.05) is 41.5 Å². The van der Waals surface area contributed by atoms with Gasteiger partial charge in [0.25, 0.3) is 0 Å². The van der Waals surface area contributed by atoms with Crippen LogP contribution in [0.5, 0.6) is 0 Å². The van der Waals surface area contributed by atoms with Crippen molar-refractivity contribution >= 4 is 23.0 Å². The summed E-state index contributed by atoms with van der Waals surface area (Å²) in [5, 5.41) is 7.31. The molecule has 0 amide bonds. The standard InChI is InChI=1S/C19H24N2S/c1-12-6-8-17(14(3)10-12)16(5)20-19(22)21-18-9-7-13(2)11-15(18)4/h6-11,16H,1-5H3,(H2,20,21,22)/t16-/m0/s1. The third kappa shape index (κ3) is 4.08. The van der Waals surface area contributed by atoms with Crippen molar-refractivity contribution in [2.75, 3.05) is 5.32 Å². The Balaban J connectivity index is 2.05. The summed E-state index contributed by atoms with van der Waals surface area (Å²) in [4.78, 5) is 0. The molecule has 116 valence electrons. The van der Waals surface area contributed by atoms with Gasteiger partial charge < -0.3 is 10.6 Å². The van der Waals surface area contributed by atoms with Crippen LogP contribution < -0.4 is 10.6 Å². The summed E-state index contributed by atoms with van der Waals surface area (Å²) in [7, 11) is 0. The van der Waals surface area contributed by atoms with Crippen LogP contribution in [0.4, 0.5) is 5.69 Å². The van der Waals surface area contributed by atoms with Crippen LogP contribution in [0.2, 0.25) is 0 Å². The topological polar surface area (TPSA) is 24.1 Å². The van der Waals surface area contributed by atoms with Crippen molar-refractivity contribution in [1.82, 2.24) is 5.32 Å². The zero-order chi connectivity index (χ0) is 16.3. The monoisotopic (exact) mass is 312 g/mol. The first-order valence-corrected chi connectivity index (χ1v) is 7.99. The van der Waals surface area contributed by atoms with E-state index in [9.17, 15) is 0 Å². The molecule has 2 rings (SSSR count). The zero-order valence-electron chi connectivity index (χ0n) is 13.9. The van der Waals surface area contributed by atoms with E-state index in [4.69, 9.17) is 12.2 Å². The number of hydrogen-bond acceptors (Lipinski definition) is 1. The van der Waals surface area contributed by atoms with Crippen LogP contribution in [0.3, 0.4) is 0 Å². The maximum absolute atomic E-state index is 5.45. The lowest BCUT2D eigenvalue weighted by Gasteiger charge is -2.20. The van der Waals surface area contributed by atoms with E-state index in [1.807, 2.05) is 0 Å². The highest BCUT2D eigenvalue weighted by molar-refractivity contribution is 7.80. The van der Waals surface area contributed by atoms with Gasteiger partial charge in [0, 0.05) is 5.69 Å². The highest BCUT2D eigenvalue weighted by Crippen LogP contribution is 2.20. The molecule has 0 bridgehead atoms. The molecule has 0 aromatic heterocycles. The average molecular weight is 312 g/mol. The second-order valence-corrected chi connectivity index (χ2v) is 6.41. The molecule has 0 radical (unpaired) electrons. The molecule has 2 aromatic rings. The van der Waals surface area contributed by atoms with Crippen LogP contribution in [0.15, 0.2) is 36.4 Å². The molecular weight excluding hydrogens is 288 g/mol. The zero-order valence-corrected chi connectivity index (χ0v) is 14.8. The SMILES string of the molecule is Cc1ccc(NC(=S)N[C@@H](C)c2ccc(C)cc2C)c(C)c1. The molecule has 22 heavy (non-hydrogen) atoms. The summed E-state index contributed by atoms with van der Waals surface area (Å²) in [6, 6.07) is 13.0. The van der Waals surface area contributed by atoms with Crippen molar-refractivity contribution in [2.24, 2.45) is 0 Å². The molecule has 0 aliphatic rings. The fraction of sp³-hybridized carbons (Fsp3) is 0.316. The van der Waals surface area contributed by atoms with Gasteiger partial charge in [0.2, 0.25) is 0 Å². The number of anilines is 1. The normalized spacial score (nSPS) is 11.9. The quantitative estimate of drug-likeness (QED) is 0.783. The van der Waals surface area contributed by atoms with Gasteiger partial charge in [-0.3, -0.25) is 0 Å². The van der Waals surface area contributed by atoms with Gasteiger partial charge in [-0.05, 0) is 69.6 Å². The van der Waals surface area contributed by atoms with Gasteiger partial charge in [-0.2, -0.15) is 0 Å². The van der Waals surface area contributed by atoms with Crippen LogP contribution in [0.1, 0.15) is 40.8 Å². The Bertz CT molecular complexity index is 692. The Morgan fingerprint density at radius 1 is 0.909 bits per heavy atom. The first-order chi connectivity index (χ1) is 10.4. The predicted octanol–water partition coefficient (Wildman–Crippen LogP) is 4.97. The molecule has 0 saturated heterocycles. The summed E-state index contributed by atoms with van der Waals surface area (Å²) in [6.07, 6.45) is 0. The smallest absolute Gasteiger partial charge is 0.171 e. The highest BCUT2D eigenvalue weighted by atomic mass is 32.1. The van der Waals surface area contributed by atoms with Gasteiger partial charge in [-0.15, -0.1) is 0 Å². The van der Waals surface area contributed by atoms with Gasteiger partial charge >= 0.3 is 0 Å². The van der Waals surface area contributed by atoms with E-state index in [0.29, 0.717) is 5.11 Å². The molecule has 0 fully saturated rings. The number of nitrogens with one attached hydrogen (secondary N) is 2. The Kier molecular flexibility index (Phi) is 5.19. The lowest BCUT2D eigenvalue weighted by atomic mass is 10.0. The van der Waals surface area contributed by atoms with E-state index < -0.39 is 0 Å². The molecule has 2 nitrogen and oxygen atoms in total. The number of thiocarbonyl (C=S) groups is 1. The van der Waals surface area contributed by atoms with Gasteiger partial charge in [0.1, 0.15) is 0 Å². The maximum Gasteiger partial charge on any atom is 0.171 e. The summed E-state index contributed by atoms with van der Waals surface area (Å²) < 4.78 is 0. The second kappa shape index (κ2) is 6.93. The van der Waals surface area contributed by atoms with Gasteiger partial charge in [0.05, 0.1) is 6.04 Å². The summed E-state index contributed by atoms with van der Waals surface area (Å²) >= 11 is 5.45. The summed E-state index contributed by atoms with van der Waals surface area (Å²) in [5.74, 6) is 0. The van der Waals surface area contributed by atoms with E-state index in [0.717, 1.165) is 5.69 Å². The highest BCUT2D eigenvalue weighted by Gasteiger charge is 2.10. The minimum atomic E-state index is 0.173. The van der Waals surface area contributed by atoms with Crippen LogP contribution in [-0.4, -0.2) is 5.11 Å². The molecule has 0 saturated carbocycles. The summed E-state index contributed by atoms with van der Waals surface area (Å²) in [6.45, 7) is 10.6. The minimum absolute atomic E-state index is 0.173. The van der Waals surface area contributed by atoms with Crippen molar-refractivity contribution in [1.29, 1.82) is 0 Å². The lowest BCUT2D eigenvalue weighted by Crippen LogP contribution is -2.31. The van der Waals surface area contributed by atoms with E-state index in [1.54, 1.807) is 0 Å². The number of rotatable bonds is 3. The van der Waals surface area contributed by atoms with Crippen LogP contribution in [-0.2, 0) is 0 Å². The fourth-order valence-electron chi connectivity index (χ4n) is 2.70. The van der Waals surface area contributed by atoms with Crippen LogP contribution >= 0.6 is 12.2 Å². The van der Waals surface area contributed by atoms with Crippen molar-refractivity contribution in [2.45, 2.75) is 40.7 Å². The molecule has 0 unspecified atom stereocenters.